The van der Waals surface area contributed by atoms with E-state index in [0.29, 0.717) is 29.1 Å². The first-order chi connectivity index (χ1) is 7.87. The minimum Gasteiger partial charge on any atom is -0.481 e. The summed E-state index contributed by atoms with van der Waals surface area (Å²) in [5.74, 6) is 1.96. The number of hydrogen-bond acceptors (Lipinski definition) is 1. The van der Waals surface area contributed by atoms with Crippen molar-refractivity contribution in [2.45, 2.75) is 46.5 Å². The molecule has 2 nitrogen and oxygen atoms in total. The summed E-state index contributed by atoms with van der Waals surface area (Å²) in [7, 11) is 0. The molecule has 0 saturated heterocycles. The van der Waals surface area contributed by atoms with Crippen LogP contribution in [0.25, 0.3) is 0 Å². The zero-order valence-electron chi connectivity index (χ0n) is 11.0. The van der Waals surface area contributed by atoms with Crippen LogP contribution >= 0.6 is 0 Å². The van der Waals surface area contributed by atoms with Crippen LogP contribution in [0.15, 0.2) is 0 Å². The highest BCUT2D eigenvalue weighted by molar-refractivity contribution is 5.83. The van der Waals surface area contributed by atoms with E-state index in [2.05, 4.69) is 20.8 Å². The molecule has 0 radical (unpaired) electrons. The Labute approximate surface area is 103 Å². The molecule has 0 aromatic rings. The number of hydrogen-bond donors (Lipinski definition) is 1. The van der Waals surface area contributed by atoms with Crippen molar-refractivity contribution in [3.05, 3.63) is 0 Å². The van der Waals surface area contributed by atoms with Gasteiger partial charge in [-0.15, -0.1) is 0 Å². The van der Waals surface area contributed by atoms with Gasteiger partial charge in [0.25, 0.3) is 0 Å². The fourth-order valence-electron chi connectivity index (χ4n) is 6.84. The van der Waals surface area contributed by atoms with Crippen molar-refractivity contribution in [3.63, 3.8) is 0 Å². The second kappa shape index (κ2) is 2.44. The summed E-state index contributed by atoms with van der Waals surface area (Å²) in [6.45, 7) is 7.07. The van der Waals surface area contributed by atoms with Gasteiger partial charge in [0.1, 0.15) is 0 Å². The molecule has 0 heterocycles. The number of aliphatic carboxylic acids is 1. The molecule has 0 aliphatic heterocycles. The van der Waals surface area contributed by atoms with E-state index in [4.69, 9.17) is 0 Å². The molecule has 5 rings (SSSR count). The van der Waals surface area contributed by atoms with E-state index < -0.39 is 5.97 Å². The number of carboxylic acid groups (broad SMARTS) is 1. The van der Waals surface area contributed by atoms with Crippen molar-refractivity contribution in [1.82, 2.24) is 0 Å². The van der Waals surface area contributed by atoms with Crippen molar-refractivity contribution in [1.29, 1.82) is 0 Å². The Balaban J connectivity index is 1.91. The van der Waals surface area contributed by atoms with Crippen LogP contribution in [-0.2, 0) is 4.79 Å². The van der Waals surface area contributed by atoms with Crippen LogP contribution in [0.1, 0.15) is 46.5 Å². The first-order valence-corrected chi connectivity index (χ1v) is 7.11. The van der Waals surface area contributed by atoms with Gasteiger partial charge in [0.15, 0.2) is 0 Å². The van der Waals surface area contributed by atoms with E-state index in [-0.39, 0.29) is 10.8 Å². The first-order valence-electron chi connectivity index (χ1n) is 7.11. The second-order valence-electron chi connectivity index (χ2n) is 7.93. The smallest absolute Gasteiger partial charge is 0.310 e. The highest BCUT2D eigenvalue weighted by Gasteiger charge is 2.91. The Bertz CT molecular complexity index is 427. The summed E-state index contributed by atoms with van der Waals surface area (Å²) in [6.07, 6.45) is 4.88. The van der Waals surface area contributed by atoms with Crippen LogP contribution in [0.4, 0.5) is 0 Å². The van der Waals surface area contributed by atoms with Gasteiger partial charge in [-0.25, -0.2) is 0 Å². The number of rotatable bonds is 1. The zero-order valence-corrected chi connectivity index (χ0v) is 11.0. The highest BCUT2D eigenvalue weighted by atomic mass is 16.4. The maximum atomic E-state index is 11.9. The Kier molecular flexibility index (Phi) is 1.49. The molecule has 6 bridgehead atoms. The third kappa shape index (κ3) is 0.768. The van der Waals surface area contributed by atoms with E-state index in [0.717, 1.165) is 6.42 Å². The fraction of sp³-hybridized carbons (Fsp3) is 0.933. The predicted molar refractivity (Wildman–Crippen MR) is 64.4 cm³/mol. The average molecular weight is 234 g/mol. The Morgan fingerprint density at radius 1 is 1.12 bits per heavy atom. The summed E-state index contributed by atoms with van der Waals surface area (Å²) in [5.41, 5.74) is 0.183. The van der Waals surface area contributed by atoms with Gasteiger partial charge >= 0.3 is 5.97 Å². The SMILES string of the molecule is CC1(C)CCC[C@@]2(C)[C@@H]3C[C@H]4[C@H]([C@@H]31)[C@]42C(=O)O. The van der Waals surface area contributed by atoms with Crippen LogP contribution in [0.5, 0.6) is 0 Å². The monoisotopic (exact) mass is 234 g/mol. The molecule has 5 aliphatic rings. The van der Waals surface area contributed by atoms with Gasteiger partial charge in [-0.3, -0.25) is 4.79 Å². The molecule has 0 aromatic heterocycles. The van der Waals surface area contributed by atoms with Gasteiger partial charge < -0.3 is 5.11 Å². The van der Waals surface area contributed by atoms with Gasteiger partial charge in [0.05, 0.1) is 5.41 Å². The second-order valence-corrected chi connectivity index (χ2v) is 7.93. The summed E-state index contributed by atoms with van der Waals surface area (Å²) >= 11 is 0. The molecule has 0 amide bonds. The summed E-state index contributed by atoms with van der Waals surface area (Å²) < 4.78 is 0. The summed E-state index contributed by atoms with van der Waals surface area (Å²) in [5, 5.41) is 9.79. The lowest BCUT2D eigenvalue weighted by molar-refractivity contribution is -0.149. The molecule has 5 saturated carbocycles. The van der Waals surface area contributed by atoms with Crippen molar-refractivity contribution < 1.29 is 9.90 Å². The average Bonchev–Trinajstić information content (AvgIpc) is 2.51. The largest absolute Gasteiger partial charge is 0.481 e. The Morgan fingerprint density at radius 3 is 2.47 bits per heavy atom. The van der Waals surface area contributed by atoms with Crippen LogP contribution < -0.4 is 0 Å². The molecule has 6 atom stereocenters. The van der Waals surface area contributed by atoms with E-state index >= 15 is 0 Å². The molecule has 94 valence electrons. The van der Waals surface area contributed by atoms with E-state index in [1.54, 1.807) is 0 Å². The molecule has 5 aliphatic carbocycles. The maximum Gasteiger partial charge on any atom is 0.310 e. The third-order valence-corrected chi connectivity index (χ3v) is 7.30. The molecule has 1 N–H and O–H groups in total. The van der Waals surface area contributed by atoms with Gasteiger partial charge in [-0.1, -0.05) is 27.2 Å². The normalized spacial score (nSPS) is 61.1. The van der Waals surface area contributed by atoms with E-state index in [9.17, 15) is 9.90 Å². The van der Waals surface area contributed by atoms with Crippen LogP contribution in [0.2, 0.25) is 0 Å². The van der Waals surface area contributed by atoms with Crippen molar-refractivity contribution in [2.24, 2.45) is 39.9 Å². The molecular weight excluding hydrogens is 212 g/mol. The lowest BCUT2D eigenvalue weighted by Crippen LogP contribution is -2.35. The van der Waals surface area contributed by atoms with Crippen molar-refractivity contribution in [3.8, 4) is 0 Å². The number of carboxylic acids is 1. The molecule has 0 unspecified atom stereocenters. The molecule has 2 heteroatoms. The summed E-state index contributed by atoms with van der Waals surface area (Å²) in [6, 6.07) is 0. The van der Waals surface area contributed by atoms with Crippen LogP contribution in [-0.4, -0.2) is 11.1 Å². The lowest BCUT2D eigenvalue weighted by atomic mass is 9.69. The van der Waals surface area contributed by atoms with Gasteiger partial charge in [0, 0.05) is 0 Å². The first kappa shape index (κ1) is 10.4. The standard InChI is InChI=1S/C15H22O2/c1-13(2)5-4-6-14(3)8-7-9-11(10(8)13)15(9,14)12(16)17/h8-11H,4-7H2,1-3H3,(H,16,17)/t8-,9+,10-,11-,14+,15+/m1/s1. The molecular formula is C15H22O2. The maximum absolute atomic E-state index is 11.9. The third-order valence-electron chi connectivity index (χ3n) is 7.30. The summed E-state index contributed by atoms with van der Waals surface area (Å²) in [4.78, 5) is 11.9. The minimum atomic E-state index is -0.474. The topological polar surface area (TPSA) is 37.3 Å². The molecule has 0 spiro atoms. The fourth-order valence-corrected chi connectivity index (χ4v) is 6.84. The van der Waals surface area contributed by atoms with Crippen LogP contribution in [0.3, 0.4) is 0 Å². The van der Waals surface area contributed by atoms with Gasteiger partial charge in [-0.05, 0) is 53.8 Å². The lowest BCUT2D eigenvalue weighted by Gasteiger charge is -2.35. The van der Waals surface area contributed by atoms with Gasteiger partial charge in [-0.2, -0.15) is 0 Å². The van der Waals surface area contributed by atoms with E-state index in [1.165, 1.54) is 19.3 Å². The quantitative estimate of drug-likeness (QED) is 0.756. The predicted octanol–water partition coefficient (Wildman–Crippen LogP) is 3.17. The zero-order chi connectivity index (χ0) is 12.2. The van der Waals surface area contributed by atoms with Crippen molar-refractivity contribution >= 4 is 5.97 Å². The molecule has 0 aromatic carbocycles. The minimum absolute atomic E-state index is 0.118. The molecule has 5 fully saturated rings. The Hall–Kier alpha value is -0.530. The van der Waals surface area contributed by atoms with Crippen molar-refractivity contribution in [2.75, 3.05) is 0 Å². The number of carbonyl (C=O) groups is 1. The van der Waals surface area contributed by atoms with Gasteiger partial charge in [0.2, 0.25) is 0 Å². The molecule has 17 heavy (non-hydrogen) atoms. The Morgan fingerprint density at radius 2 is 1.82 bits per heavy atom. The van der Waals surface area contributed by atoms with Crippen LogP contribution in [0, 0.1) is 39.9 Å². The highest BCUT2D eigenvalue weighted by Crippen LogP contribution is 2.91. The van der Waals surface area contributed by atoms with E-state index in [1.807, 2.05) is 0 Å².